The number of hydrogen-bond acceptors (Lipinski definition) is 4. The van der Waals surface area contributed by atoms with Gasteiger partial charge in [-0.25, -0.2) is 0 Å². The van der Waals surface area contributed by atoms with Crippen LogP contribution in [0.25, 0.3) is 0 Å². The lowest BCUT2D eigenvalue weighted by molar-refractivity contribution is 0.233. The van der Waals surface area contributed by atoms with Crippen LogP contribution in [0.15, 0.2) is 12.4 Å². The zero-order valence-electron chi connectivity index (χ0n) is 8.70. The normalized spacial score (nSPS) is 12.8. The second kappa shape index (κ2) is 5.67. The van der Waals surface area contributed by atoms with Crippen molar-refractivity contribution >= 4 is 0 Å². The Morgan fingerprint density at radius 2 is 2.21 bits per heavy atom. The van der Waals surface area contributed by atoms with Gasteiger partial charge in [0.15, 0.2) is 0 Å². The van der Waals surface area contributed by atoms with Crippen molar-refractivity contribution in [1.29, 1.82) is 0 Å². The van der Waals surface area contributed by atoms with Gasteiger partial charge in [-0.1, -0.05) is 6.92 Å². The average molecular weight is 195 g/mol. The standard InChI is InChI=1S/C10H17N3O/c1-8(7-14)3-11-5-10-6-12-9(2)4-13-10/h4,6,8,11,14H,3,5,7H2,1-2H3. The summed E-state index contributed by atoms with van der Waals surface area (Å²) in [5.41, 5.74) is 1.86. The summed E-state index contributed by atoms with van der Waals surface area (Å²) < 4.78 is 0. The molecule has 78 valence electrons. The lowest BCUT2D eigenvalue weighted by Gasteiger charge is -2.08. The number of aliphatic hydroxyl groups is 1. The Labute approximate surface area is 84.4 Å². The van der Waals surface area contributed by atoms with Gasteiger partial charge in [0.25, 0.3) is 0 Å². The molecule has 4 nitrogen and oxygen atoms in total. The van der Waals surface area contributed by atoms with Crippen LogP contribution in [0, 0.1) is 12.8 Å². The summed E-state index contributed by atoms with van der Waals surface area (Å²) in [4.78, 5) is 8.36. The van der Waals surface area contributed by atoms with E-state index in [4.69, 9.17) is 5.11 Å². The third-order valence-electron chi connectivity index (χ3n) is 1.95. The van der Waals surface area contributed by atoms with E-state index in [1.165, 1.54) is 0 Å². The molecule has 0 amide bonds. The summed E-state index contributed by atoms with van der Waals surface area (Å²) in [5, 5.41) is 12.0. The molecule has 0 aromatic carbocycles. The summed E-state index contributed by atoms with van der Waals surface area (Å²) in [6, 6.07) is 0. The number of aryl methyl sites for hydroxylation is 1. The fourth-order valence-electron chi connectivity index (χ4n) is 1.02. The minimum Gasteiger partial charge on any atom is -0.396 e. The maximum Gasteiger partial charge on any atom is 0.0724 e. The molecular weight excluding hydrogens is 178 g/mol. The van der Waals surface area contributed by atoms with Crippen LogP contribution in [-0.2, 0) is 6.54 Å². The first-order valence-electron chi connectivity index (χ1n) is 4.81. The molecule has 1 heterocycles. The summed E-state index contributed by atoms with van der Waals surface area (Å²) in [7, 11) is 0. The van der Waals surface area contributed by atoms with Crippen molar-refractivity contribution in [1.82, 2.24) is 15.3 Å². The molecule has 14 heavy (non-hydrogen) atoms. The molecule has 0 fully saturated rings. The van der Waals surface area contributed by atoms with Crippen LogP contribution in [0.4, 0.5) is 0 Å². The molecular formula is C10H17N3O. The molecule has 0 saturated heterocycles. The van der Waals surface area contributed by atoms with E-state index in [-0.39, 0.29) is 12.5 Å². The predicted octanol–water partition coefficient (Wildman–Crippen LogP) is 0.503. The topological polar surface area (TPSA) is 58.0 Å². The summed E-state index contributed by atoms with van der Waals surface area (Å²) >= 11 is 0. The highest BCUT2D eigenvalue weighted by Crippen LogP contribution is 1.94. The van der Waals surface area contributed by atoms with E-state index >= 15 is 0 Å². The van der Waals surface area contributed by atoms with Crippen molar-refractivity contribution in [3.05, 3.63) is 23.8 Å². The van der Waals surface area contributed by atoms with Crippen LogP contribution in [0.5, 0.6) is 0 Å². The first-order valence-corrected chi connectivity index (χ1v) is 4.81. The van der Waals surface area contributed by atoms with Gasteiger partial charge in [0.05, 0.1) is 11.4 Å². The van der Waals surface area contributed by atoms with Gasteiger partial charge in [-0.2, -0.15) is 0 Å². The van der Waals surface area contributed by atoms with E-state index in [9.17, 15) is 0 Å². The highest BCUT2D eigenvalue weighted by Gasteiger charge is 1.99. The van der Waals surface area contributed by atoms with Gasteiger partial charge in [-0.15, -0.1) is 0 Å². The van der Waals surface area contributed by atoms with Crippen LogP contribution in [0.1, 0.15) is 18.3 Å². The predicted molar refractivity (Wildman–Crippen MR) is 54.7 cm³/mol. The summed E-state index contributed by atoms with van der Waals surface area (Å²) in [6.45, 7) is 5.63. The van der Waals surface area contributed by atoms with Crippen molar-refractivity contribution in [3.63, 3.8) is 0 Å². The number of nitrogens with zero attached hydrogens (tertiary/aromatic N) is 2. The molecule has 1 rings (SSSR count). The van der Waals surface area contributed by atoms with Crippen LogP contribution in [-0.4, -0.2) is 28.2 Å². The van der Waals surface area contributed by atoms with E-state index in [1.807, 2.05) is 13.8 Å². The Kier molecular flexibility index (Phi) is 4.49. The van der Waals surface area contributed by atoms with Crippen LogP contribution in [0.2, 0.25) is 0 Å². The minimum atomic E-state index is 0.215. The van der Waals surface area contributed by atoms with Gasteiger partial charge in [0.2, 0.25) is 0 Å². The lowest BCUT2D eigenvalue weighted by Crippen LogP contribution is -2.23. The lowest BCUT2D eigenvalue weighted by atomic mass is 10.2. The highest BCUT2D eigenvalue weighted by molar-refractivity contribution is 5.00. The van der Waals surface area contributed by atoms with Crippen molar-refractivity contribution in [3.8, 4) is 0 Å². The molecule has 1 unspecified atom stereocenters. The first kappa shape index (κ1) is 11.1. The zero-order chi connectivity index (χ0) is 10.4. The third-order valence-corrected chi connectivity index (χ3v) is 1.95. The fourth-order valence-corrected chi connectivity index (χ4v) is 1.02. The van der Waals surface area contributed by atoms with Gasteiger partial charge in [-0.05, 0) is 12.8 Å². The van der Waals surface area contributed by atoms with E-state index < -0.39 is 0 Å². The van der Waals surface area contributed by atoms with Gasteiger partial charge in [0.1, 0.15) is 0 Å². The second-order valence-electron chi connectivity index (χ2n) is 3.57. The molecule has 1 aromatic rings. The largest absolute Gasteiger partial charge is 0.396 e. The van der Waals surface area contributed by atoms with E-state index in [2.05, 4.69) is 15.3 Å². The molecule has 0 radical (unpaired) electrons. The van der Waals surface area contributed by atoms with E-state index in [1.54, 1.807) is 12.4 Å². The van der Waals surface area contributed by atoms with Crippen molar-refractivity contribution in [2.45, 2.75) is 20.4 Å². The molecule has 1 atom stereocenters. The van der Waals surface area contributed by atoms with Crippen molar-refractivity contribution in [2.24, 2.45) is 5.92 Å². The molecule has 2 N–H and O–H groups in total. The average Bonchev–Trinajstić information content (AvgIpc) is 2.21. The number of nitrogens with one attached hydrogen (secondary N) is 1. The van der Waals surface area contributed by atoms with Crippen LogP contribution < -0.4 is 5.32 Å². The maximum atomic E-state index is 8.80. The zero-order valence-corrected chi connectivity index (χ0v) is 8.70. The number of rotatable bonds is 5. The minimum absolute atomic E-state index is 0.215. The highest BCUT2D eigenvalue weighted by atomic mass is 16.3. The molecule has 0 spiro atoms. The molecule has 0 aliphatic rings. The molecule has 0 bridgehead atoms. The van der Waals surface area contributed by atoms with Crippen molar-refractivity contribution in [2.75, 3.05) is 13.2 Å². The van der Waals surface area contributed by atoms with E-state index in [0.717, 1.165) is 17.9 Å². The Morgan fingerprint density at radius 1 is 1.43 bits per heavy atom. The fraction of sp³-hybridized carbons (Fsp3) is 0.600. The maximum absolute atomic E-state index is 8.80. The number of hydrogen-bond donors (Lipinski definition) is 2. The first-order chi connectivity index (χ1) is 6.72. The number of aromatic nitrogens is 2. The monoisotopic (exact) mass is 195 g/mol. The van der Waals surface area contributed by atoms with E-state index in [0.29, 0.717) is 6.54 Å². The Balaban J connectivity index is 2.28. The summed E-state index contributed by atoms with van der Waals surface area (Å²) in [6.07, 6.45) is 3.53. The number of aliphatic hydroxyl groups excluding tert-OH is 1. The smallest absolute Gasteiger partial charge is 0.0724 e. The van der Waals surface area contributed by atoms with Gasteiger partial charge < -0.3 is 10.4 Å². The molecule has 0 saturated carbocycles. The Hall–Kier alpha value is -1.00. The quantitative estimate of drug-likeness (QED) is 0.718. The second-order valence-corrected chi connectivity index (χ2v) is 3.57. The molecule has 0 aliphatic carbocycles. The SMILES string of the molecule is Cc1cnc(CNCC(C)CO)cn1. The molecule has 4 heteroatoms. The third kappa shape index (κ3) is 3.81. The molecule has 1 aromatic heterocycles. The van der Waals surface area contributed by atoms with Gasteiger partial charge >= 0.3 is 0 Å². The Bertz CT molecular complexity index is 261. The van der Waals surface area contributed by atoms with Gasteiger partial charge in [-0.3, -0.25) is 9.97 Å². The van der Waals surface area contributed by atoms with Crippen LogP contribution >= 0.6 is 0 Å². The van der Waals surface area contributed by atoms with Crippen molar-refractivity contribution < 1.29 is 5.11 Å². The Morgan fingerprint density at radius 3 is 2.79 bits per heavy atom. The van der Waals surface area contributed by atoms with Gasteiger partial charge in [0, 0.05) is 32.1 Å². The molecule has 0 aliphatic heterocycles. The summed E-state index contributed by atoms with van der Waals surface area (Å²) in [5.74, 6) is 0.286. The van der Waals surface area contributed by atoms with Crippen LogP contribution in [0.3, 0.4) is 0 Å².